The Morgan fingerprint density at radius 1 is 1.36 bits per heavy atom. The van der Waals surface area contributed by atoms with Crippen molar-refractivity contribution in [3.63, 3.8) is 0 Å². The van der Waals surface area contributed by atoms with E-state index in [4.69, 9.17) is 4.74 Å². The first-order valence-corrected chi connectivity index (χ1v) is 7.29. The second kappa shape index (κ2) is 6.52. The van der Waals surface area contributed by atoms with Crippen LogP contribution in [0.3, 0.4) is 0 Å². The van der Waals surface area contributed by atoms with Gasteiger partial charge in [-0.15, -0.1) is 0 Å². The van der Waals surface area contributed by atoms with Crippen LogP contribution < -0.4 is 5.32 Å². The molecule has 22 heavy (non-hydrogen) atoms. The van der Waals surface area contributed by atoms with Crippen LogP contribution in [0, 0.1) is 0 Å². The molecule has 0 aliphatic heterocycles. The van der Waals surface area contributed by atoms with Gasteiger partial charge in [-0.3, -0.25) is 4.68 Å². The Morgan fingerprint density at radius 2 is 2.27 bits per heavy atom. The third-order valence-corrected chi connectivity index (χ3v) is 3.30. The molecule has 0 amide bonds. The Hall–Kier alpha value is -2.48. The summed E-state index contributed by atoms with van der Waals surface area (Å²) in [5.41, 5.74) is 0.961. The summed E-state index contributed by atoms with van der Waals surface area (Å²) in [6, 6.07) is 3.90. The molecule has 3 rings (SSSR count). The van der Waals surface area contributed by atoms with Crippen LogP contribution in [0.15, 0.2) is 24.7 Å². The zero-order chi connectivity index (χ0) is 15.4. The third-order valence-electron chi connectivity index (χ3n) is 3.30. The quantitative estimate of drug-likeness (QED) is 0.668. The lowest BCUT2D eigenvalue weighted by Gasteiger charge is -2.07. The van der Waals surface area contributed by atoms with Crippen molar-refractivity contribution < 1.29 is 4.74 Å². The number of nitrogens with zero attached hydrogens (tertiary/aromatic N) is 6. The summed E-state index contributed by atoms with van der Waals surface area (Å²) in [5, 5.41) is 12.0. The van der Waals surface area contributed by atoms with E-state index in [2.05, 4.69) is 32.4 Å². The van der Waals surface area contributed by atoms with Crippen LogP contribution in [0.2, 0.25) is 0 Å². The summed E-state index contributed by atoms with van der Waals surface area (Å²) < 4.78 is 8.61. The molecule has 0 atom stereocenters. The molecule has 0 fully saturated rings. The van der Waals surface area contributed by atoms with Gasteiger partial charge < -0.3 is 10.1 Å². The Bertz CT molecular complexity index is 749. The van der Waals surface area contributed by atoms with Gasteiger partial charge in [0.15, 0.2) is 5.82 Å². The second-order valence-electron chi connectivity index (χ2n) is 4.89. The van der Waals surface area contributed by atoms with Gasteiger partial charge in [0.05, 0.1) is 0 Å². The summed E-state index contributed by atoms with van der Waals surface area (Å²) in [7, 11) is 1.70. The largest absolute Gasteiger partial charge is 0.385 e. The average Bonchev–Trinajstić information content (AvgIpc) is 3.16. The van der Waals surface area contributed by atoms with Gasteiger partial charge >= 0.3 is 0 Å². The molecular formula is C14H19N7O. The van der Waals surface area contributed by atoms with Crippen molar-refractivity contribution in [3.05, 3.63) is 30.4 Å². The highest BCUT2D eigenvalue weighted by Gasteiger charge is 2.08. The van der Waals surface area contributed by atoms with E-state index in [0.29, 0.717) is 5.78 Å². The van der Waals surface area contributed by atoms with Crippen molar-refractivity contribution in [2.24, 2.45) is 0 Å². The molecule has 0 unspecified atom stereocenters. The predicted molar refractivity (Wildman–Crippen MR) is 82.2 cm³/mol. The van der Waals surface area contributed by atoms with Crippen LogP contribution in [0.25, 0.3) is 5.78 Å². The summed E-state index contributed by atoms with van der Waals surface area (Å²) in [6.07, 6.45) is 5.21. The van der Waals surface area contributed by atoms with Crippen molar-refractivity contribution in [3.8, 4) is 0 Å². The summed E-state index contributed by atoms with van der Waals surface area (Å²) in [5.74, 6) is 2.16. The number of rotatable bonds is 7. The summed E-state index contributed by atoms with van der Waals surface area (Å²) >= 11 is 0. The molecule has 3 aromatic heterocycles. The number of nitrogens with one attached hydrogen (secondary N) is 1. The van der Waals surface area contributed by atoms with Gasteiger partial charge in [0.25, 0.3) is 5.78 Å². The number of anilines is 2. The van der Waals surface area contributed by atoms with Crippen LogP contribution >= 0.6 is 0 Å². The molecule has 0 saturated carbocycles. The van der Waals surface area contributed by atoms with E-state index in [1.54, 1.807) is 11.6 Å². The number of methoxy groups -OCH3 is 1. The molecule has 0 aliphatic rings. The molecule has 0 bridgehead atoms. The number of aromatic nitrogens is 6. The van der Waals surface area contributed by atoms with Crippen molar-refractivity contribution in [2.75, 3.05) is 19.0 Å². The molecule has 0 aromatic carbocycles. The molecule has 3 heterocycles. The lowest BCUT2D eigenvalue weighted by Crippen LogP contribution is -2.05. The topological polar surface area (TPSA) is 82.2 Å². The second-order valence-corrected chi connectivity index (χ2v) is 4.89. The minimum Gasteiger partial charge on any atom is -0.385 e. The van der Waals surface area contributed by atoms with E-state index in [0.717, 1.165) is 43.3 Å². The van der Waals surface area contributed by atoms with Crippen molar-refractivity contribution in [1.29, 1.82) is 0 Å². The first kappa shape index (κ1) is 14.5. The van der Waals surface area contributed by atoms with E-state index < -0.39 is 0 Å². The Kier molecular flexibility index (Phi) is 4.29. The van der Waals surface area contributed by atoms with E-state index in [1.165, 1.54) is 6.33 Å². The molecule has 8 nitrogen and oxygen atoms in total. The minimum atomic E-state index is 0.585. The highest BCUT2D eigenvalue weighted by atomic mass is 16.5. The van der Waals surface area contributed by atoms with Gasteiger partial charge in [0.1, 0.15) is 12.1 Å². The maximum absolute atomic E-state index is 5.05. The summed E-state index contributed by atoms with van der Waals surface area (Å²) in [4.78, 5) is 8.57. The van der Waals surface area contributed by atoms with Gasteiger partial charge in [-0.05, 0) is 12.8 Å². The van der Waals surface area contributed by atoms with Crippen molar-refractivity contribution >= 4 is 17.4 Å². The number of ether oxygens (including phenoxy) is 1. The van der Waals surface area contributed by atoms with Gasteiger partial charge in [0.2, 0.25) is 0 Å². The normalized spacial score (nSPS) is 11.2. The number of hydrogen-bond acceptors (Lipinski definition) is 6. The van der Waals surface area contributed by atoms with E-state index in [9.17, 15) is 0 Å². The molecule has 116 valence electrons. The first-order valence-electron chi connectivity index (χ1n) is 7.29. The zero-order valence-electron chi connectivity index (χ0n) is 12.7. The first-order chi connectivity index (χ1) is 10.8. The lowest BCUT2D eigenvalue weighted by atomic mass is 10.3. The van der Waals surface area contributed by atoms with E-state index in [-0.39, 0.29) is 0 Å². The molecule has 8 heteroatoms. The fourth-order valence-electron chi connectivity index (χ4n) is 2.19. The Balaban J connectivity index is 1.79. The number of aryl methyl sites for hydroxylation is 2. The highest BCUT2D eigenvalue weighted by Crippen LogP contribution is 2.16. The fourth-order valence-corrected chi connectivity index (χ4v) is 2.19. The number of hydrogen-bond donors (Lipinski definition) is 1. The Morgan fingerprint density at radius 3 is 3.09 bits per heavy atom. The minimum absolute atomic E-state index is 0.585. The number of fused-ring (bicyclic) bond motifs is 1. The highest BCUT2D eigenvalue weighted by molar-refractivity contribution is 5.54. The zero-order valence-corrected chi connectivity index (χ0v) is 12.7. The van der Waals surface area contributed by atoms with Crippen LogP contribution in [0.1, 0.15) is 19.0 Å². The molecule has 0 spiro atoms. The van der Waals surface area contributed by atoms with Crippen molar-refractivity contribution in [2.45, 2.75) is 26.3 Å². The average molecular weight is 301 g/mol. The third kappa shape index (κ3) is 3.06. The lowest BCUT2D eigenvalue weighted by molar-refractivity contribution is 0.189. The van der Waals surface area contributed by atoms with Gasteiger partial charge in [-0.1, -0.05) is 6.92 Å². The van der Waals surface area contributed by atoms with Crippen LogP contribution in [-0.4, -0.2) is 43.1 Å². The molecule has 3 aromatic rings. The summed E-state index contributed by atoms with van der Waals surface area (Å²) in [6.45, 7) is 3.61. The maximum Gasteiger partial charge on any atom is 0.254 e. The SMILES string of the molecule is CCc1cc(Nc2ccn(CCCOC)n2)n2ncnc2n1. The molecule has 0 radical (unpaired) electrons. The van der Waals surface area contributed by atoms with Crippen LogP contribution in [0.4, 0.5) is 11.6 Å². The fraction of sp³-hybridized carbons (Fsp3) is 0.429. The molecule has 0 saturated heterocycles. The van der Waals surface area contributed by atoms with Gasteiger partial charge in [0, 0.05) is 44.3 Å². The van der Waals surface area contributed by atoms with Crippen LogP contribution in [-0.2, 0) is 17.7 Å². The molecule has 0 aliphatic carbocycles. The van der Waals surface area contributed by atoms with Crippen molar-refractivity contribution in [1.82, 2.24) is 29.4 Å². The molecular weight excluding hydrogens is 282 g/mol. The smallest absolute Gasteiger partial charge is 0.254 e. The van der Waals surface area contributed by atoms with E-state index >= 15 is 0 Å². The van der Waals surface area contributed by atoms with E-state index in [1.807, 2.05) is 23.0 Å². The predicted octanol–water partition coefficient (Wildman–Crippen LogP) is 1.66. The standard InChI is InChI=1S/C14H19N7O/c1-3-11-9-13(21-14(17-11)15-10-16-21)18-12-5-7-20(19-12)6-4-8-22-2/h5,7,9-10H,3-4,6,8H2,1-2H3,(H,18,19). The van der Waals surface area contributed by atoms with Gasteiger partial charge in [-0.25, -0.2) is 4.98 Å². The van der Waals surface area contributed by atoms with Crippen LogP contribution in [0.5, 0.6) is 0 Å². The maximum atomic E-state index is 5.05. The van der Waals surface area contributed by atoms with Gasteiger partial charge in [-0.2, -0.15) is 19.7 Å². The monoisotopic (exact) mass is 301 g/mol. The molecule has 1 N–H and O–H groups in total. The Labute approximate surface area is 128 Å².